The monoisotopic (exact) mass is 252 g/mol. The van der Waals surface area contributed by atoms with E-state index in [1.54, 1.807) is 0 Å². The van der Waals surface area contributed by atoms with Gasteiger partial charge >= 0.3 is 5.97 Å². The lowest BCUT2D eigenvalue weighted by atomic mass is 10.1. The molecule has 0 aromatic rings. The van der Waals surface area contributed by atoms with Crippen LogP contribution in [0.3, 0.4) is 0 Å². The molecule has 1 unspecified atom stereocenters. The molecule has 2 heterocycles. The zero-order chi connectivity index (χ0) is 13.5. The number of carbonyl (C=O) groups excluding carboxylic acids is 5. The fraction of sp³-hybridized carbons (Fsp3) is 0.300. The van der Waals surface area contributed by atoms with E-state index >= 15 is 0 Å². The van der Waals surface area contributed by atoms with Crippen molar-refractivity contribution in [2.24, 2.45) is 0 Å². The molecular formula is C10H8N2O6. The molecule has 94 valence electrons. The van der Waals surface area contributed by atoms with E-state index in [1.165, 1.54) is 0 Å². The van der Waals surface area contributed by atoms with Gasteiger partial charge in [-0.1, -0.05) is 0 Å². The number of amides is 4. The minimum absolute atomic E-state index is 0.467. The number of imide groups is 2. The Hall–Kier alpha value is -2.51. The molecule has 0 aromatic carbocycles. The van der Waals surface area contributed by atoms with Crippen LogP contribution in [-0.4, -0.2) is 40.2 Å². The van der Waals surface area contributed by atoms with E-state index in [2.05, 4.69) is 0 Å². The molecule has 0 saturated carbocycles. The van der Waals surface area contributed by atoms with Gasteiger partial charge in [-0.25, -0.2) is 4.90 Å². The summed E-state index contributed by atoms with van der Waals surface area (Å²) in [5, 5.41) is 1.90. The van der Waals surface area contributed by atoms with Crippen molar-refractivity contribution in [3.63, 3.8) is 0 Å². The lowest BCUT2D eigenvalue weighted by molar-refractivity contribution is -0.189. The number of hydrogen-bond acceptors (Lipinski definition) is 6. The number of hydrogen-bond donors (Lipinski definition) is 1. The largest absolute Gasteiger partial charge is 0.428 e. The summed E-state index contributed by atoms with van der Waals surface area (Å²) in [4.78, 5) is 57.6. The maximum Gasteiger partial charge on any atom is 0.305 e. The van der Waals surface area contributed by atoms with E-state index in [9.17, 15) is 24.0 Å². The number of ether oxygens (including phenoxy) is 1. The van der Waals surface area contributed by atoms with E-state index in [1.807, 2.05) is 5.32 Å². The summed E-state index contributed by atoms with van der Waals surface area (Å²) < 4.78 is 4.78. The second kappa shape index (κ2) is 3.76. The second-order valence-corrected chi connectivity index (χ2v) is 3.78. The first-order valence-corrected chi connectivity index (χ1v) is 4.97. The smallest absolute Gasteiger partial charge is 0.305 e. The van der Waals surface area contributed by atoms with E-state index in [0.717, 1.165) is 19.1 Å². The van der Waals surface area contributed by atoms with Gasteiger partial charge in [0.2, 0.25) is 5.91 Å². The van der Waals surface area contributed by atoms with E-state index in [4.69, 9.17) is 4.74 Å². The highest BCUT2D eigenvalue weighted by Crippen LogP contribution is 2.29. The Morgan fingerprint density at radius 3 is 2.22 bits per heavy atom. The van der Waals surface area contributed by atoms with Gasteiger partial charge in [0.05, 0.1) is 6.42 Å². The Balaban J connectivity index is 2.46. The predicted octanol–water partition coefficient (Wildman–Crippen LogP) is -1.78. The van der Waals surface area contributed by atoms with Crippen LogP contribution in [-0.2, 0) is 28.7 Å². The number of nitrogens with zero attached hydrogens (tertiary/aromatic N) is 1. The van der Waals surface area contributed by atoms with Gasteiger partial charge in [-0.05, 0) is 0 Å². The van der Waals surface area contributed by atoms with Crippen molar-refractivity contribution in [3.8, 4) is 0 Å². The average Bonchev–Trinajstić information content (AvgIpc) is 2.68. The van der Waals surface area contributed by atoms with Gasteiger partial charge in [-0.15, -0.1) is 0 Å². The molecule has 0 aromatic heterocycles. The highest BCUT2D eigenvalue weighted by atomic mass is 16.6. The Morgan fingerprint density at radius 2 is 1.83 bits per heavy atom. The first kappa shape index (κ1) is 12.0. The van der Waals surface area contributed by atoms with Crippen molar-refractivity contribution in [2.45, 2.75) is 19.1 Å². The minimum Gasteiger partial charge on any atom is -0.428 e. The second-order valence-electron chi connectivity index (χ2n) is 3.78. The predicted molar refractivity (Wildman–Crippen MR) is 53.3 cm³/mol. The summed E-state index contributed by atoms with van der Waals surface area (Å²) in [5.41, 5.74) is -2.21. The van der Waals surface area contributed by atoms with Crippen molar-refractivity contribution in [3.05, 3.63) is 12.2 Å². The summed E-state index contributed by atoms with van der Waals surface area (Å²) in [6.45, 7) is 1.01. The molecule has 1 saturated heterocycles. The van der Waals surface area contributed by atoms with Crippen molar-refractivity contribution < 1.29 is 28.7 Å². The fourth-order valence-electron chi connectivity index (χ4n) is 1.87. The third-order valence-corrected chi connectivity index (χ3v) is 2.49. The van der Waals surface area contributed by atoms with Gasteiger partial charge in [-0.3, -0.25) is 29.3 Å². The Bertz CT molecular complexity index is 504. The molecule has 4 amide bonds. The van der Waals surface area contributed by atoms with Crippen LogP contribution in [0.5, 0.6) is 0 Å². The summed E-state index contributed by atoms with van der Waals surface area (Å²) in [5.74, 6) is -4.24. The van der Waals surface area contributed by atoms with Crippen molar-refractivity contribution in [1.82, 2.24) is 10.2 Å². The first-order chi connectivity index (χ1) is 8.36. The SMILES string of the molecule is CC(=O)OC1(N2C(=O)C=CC2=O)CC(=O)NC1=O. The van der Waals surface area contributed by atoms with Gasteiger partial charge in [-0.2, -0.15) is 0 Å². The lowest BCUT2D eigenvalue weighted by Gasteiger charge is -2.32. The molecule has 0 spiro atoms. The third kappa shape index (κ3) is 1.58. The highest BCUT2D eigenvalue weighted by Gasteiger charge is 2.59. The zero-order valence-corrected chi connectivity index (χ0v) is 9.26. The molecule has 2 rings (SSSR count). The van der Waals surface area contributed by atoms with Gasteiger partial charge in [0.15, 0.2) is 0 Å². The molecule has 0 aliphatic carbocycles. The molecule has 1 atom stereocenters. The normalized spacial score (nSPS) is 26.8. The summed E-state index contributed by atoms with van der Waals surface area (Å²) in [7, 11) is 0. The van der Waals surface area contributed by atoms with Crippen LogP contribution in [0.2, 0.25) is 0 Å². The number of rotatable bonds is 2. The Labute approximate surface area is 101 Å². The van der Waals surface area contributed by atoms with E-state index in [0.29, 0.717) is 4.90 Å². The van der Waals surface area contributed by atoms with Gasteiger partial charge in [0.25, 0.3) is 23.4 Å². The number of carbonyl (C=O) groups is 5. The average molecular weight is 252 g/mol. The standard InChI is InChI=1S/C10H8N2O6/c1-5(13)18-10(4-6(14)11-9(10)17)12-7(15)2-3-8(12)16/h2-3H,4H2,1H3,(H,11,14,17). The molecule has 8 nitrogen and oxygen atoms in total. The Kier molecular flexibility index (Phi) is 2.50. The molecule has 8 heteroatoms. The van der Waals surface area contributed by atoms with Crippen LogP contribution >= 0.6 is 0 Å². The molecule has 0 radical (unpaired) electrons. The molecule has 2 aliphatic rings. The van der Waals surface area contributed by atoms with Crippen LogP contribution in [0.25, 0.3) is 0 Å². The highest BCUT2D eigenvalue weighted by molar-refractivity contribution is 6.19. The third-order valence-electron chi connectivity index (χ3n) is 2.49. The van der Waals surface area contributed by atoms with Crippen molar-refractivity contribution in [2.75, 3.05) is 0 Å². The maximum absolute atomic E-state index is 11.7. The molecular weight excluding hydrogens is 244 g/mol. The summed E-state index contributed by atoms with van der Waals surface area (Å²) in [6.07, 6.45) is 1.28. The van der Waals surface area contributed by atoms with Gasteiger partial charge in [0, 0.05) is 19.1 Å². The van der Waals surface area contributed by atoms with Crippen LogP contribution in [0, 0.1) is 0 Å². The van der Waals surface area contributed by atoms with Crippen molar-refractivity contribution in [1.29, 1.82) is 0 Å². The fourth-order valence-corrected chi connectivity index (χ4v) is 1.87. The van der Waals surface area contributed by atoms with E-state index in [-0.39, 0.29) is 0 Å². The summed E-state index contributed by atoms with van der Waals surface area (Å²) in [6, 6.07) is 0. The molecule has 18 heavy (non-hydrogen) atoms. The molecule has 1 N–H and O–H groups in total. The van der Waals surface area contributed by atoms with Crippen molar-refractivity contribution >= 4 is 29.6 Å². The Morgan fingerprint density at radius 1 is 1.28 bits per heavy atom. The maximum atomic E-state index is 11.7. The number of esters is 1. The molecule has 0 bridgehead atoms. The minimum atomic E-state index is -2.21. The van der Waals surface area contributed by atoms with Gasteiger partial charge < -0.3 is 4.74 Å². The lowest BCUT2D eigenvalue weighted by Crippen LogP contribution is -2.58. The van der Waals surface area contributed by atoms with E-state index < -0.39 is 41.7 Å². The van der Waals surface area contributed by atoms with Gasteiger partial charge in [0.1, 0.15) is 0 Å². The van der Waals surface area contributed by atoms with Crippen LogP contribution in [0.4, 0.5) is 0 Å². The first-order valence-electron chi connectivity index (χ1n) is 4.97. The molecule has 2 aliphatic heterocycles. The quantitative estimate of drug-likeness (QED) is 0.459. The van der Waals surface area contributed by atoms with Crippen LogP contribution < -0.4 is 5.32 Å². The zero-order valence-electron chi connectivity index (χ0n) is 9.26. The molecule has 1 fully saturated rings. The topological polar surface area (TPSA) is 110 Å². The van der Waals surface area contributed by atoms with Crippen LogP contribution in [0.1, 0.15) is 13.3 Å². The summed E-state index contributed by atoms with van der Waals surface area (Å²) >= 11 is 0. The number of nitrogens with one attached hydrogen (secondary N) is 1. The van der Waals surface area contributed by atoms with Crippen LogP contribution in [0.15, 0.2) is 12.2 Å².